The van der Waals surface area contributed by atoms with E-state index in [0.717, 1.165) is 0 Å². The van der Waals surface area contributed by atoms with Crippen molar-refractivity contribution in [1.82, 2.24) is 0 Å². The predicted molar refractivity (Wildman–Crippen MR) is 33.2 cm³/mol. The second-order valence-corrected chi connectivity index (χ2v) is 4.27. The van der Waals surface area contributed by atoms with E-state index in [4.69, 9.17) is 0 Å². The highest BCUT2D eigenvalue weighted by molar-refractivity contribution is 7.89. The van der Waals surface area contributed by atoms with Crippen LogP contribution in [0.1, 0.15) is 0 Å². The first kappa shape index (κ1) is 8.86. The van der Waals surface area contributed by atoms with Crippen LogP contribution in [0.2, 0.25) is 0 Å². The van der Waals surface area contributed by atoms with Crippen LogP contribution in [0.25, 0.3) is 0 Å². The molecule has 0 aliphatic rings. The van der Waals surface area contributed by atoms with Gasteiger partial charge in [0, 0.05) is 0 Å². The molecule has 0 bridgehead atoms. The molecular weight excluding hydrogens is 166 g/mol. The summed E-state index contributed by atoms with van der Waals surface area (Å²) in [6.45, 7) is 0. The van der Waals surface area contributed by atoms with Gasteiger partial charge in [-0.15, -0.1) is 0 Å². The fourth-order valence-corrected chi connectivity index (χ4v) is 1.82. The monoisotopic (exact) mass is 173 g/mol. The van der Waals surface area contributed by atoms with Gasteiger partial charge in [-0.2, -0.15) is 0 Å². The molecule has 2 N–H and O–H groups in total. The van der Waals surface area contributed by atoms with Crippen molar-refractivity contribution in [3.8, 4) is 0 Å². The first-order valence-electron chi connectivity index (χ1n) is 2.04. The molecule has 7 heteroatoms. The zero-order valence-corrected chi connectivity index (χ0v) is 6.19. The van der Waals surface area contributed by atoms with E-state index in [1.165, 1.54) is 0 Å². The van der Waals surface area contributed by atoms with Crippen molar-refractivity contribution >= 4 is 20.7 Å². The van der Waals surface area contributed by atoms with Crippen molar-refractivity contribution in [2.45, 2.75) is 0 Å². The molecular formula is C2H7NO4S2. The first-order valence-corrected chi connectivity index (χ1v) is 5.12. The fourth-order valence-electron chi connectivity index (χ4n) is 0.202. The van der Waals surface area contributed by atoms with Gasteiger partial charge in [0.2, 0.25) is 10.0 Å². The molecule has 0 fully saturated rings. The van der Waals surface area contributed by atoms with Gasteiger partial charge < -0.3 is 0 Å². The smallest absolute Gasteiger partial charge is 0.210 e. The lowest BCUT2D eigenvalue weighted by atomic mass is 11.0. The minimum Gasteiger partial charge on any atom is -0.232 e. The summed E-state index contributed by atoms with van der Waals surface area (Å²) >= 11 is 0. The average Bonchev–Trinajstić information content (AvgIpc) is 1.59. The van der Waals surface area contributed by atoms with Gasteiger partial charge in [0.1, 0.15) is 10.7 Å². The Morgan fingerprint density at radius 1 is 1.33 bits per heavy atom. The van der Waals surface area contributed by atoms with E-state index in [0.29, 0.717) is 0 Å². The summed E-state index contributed by atoms with van der Waals surface area (Å²) in [5.74, 6) is -0.889. The highest BCUT2D eigenvalue weighted by Gasteiger charge is 2.01. The summed E-state index contributed by atoms with van der Waals surface area (Å²) < 4.78 is 39.6. The first-order chi connectivity index (χ1) is 3.92. The van der Waals surface area contributed by atoms with Gasteiger partial charge in [-0.05, 0) is 0 Å². The van der Waals surface area contributed by atoms with Gasteiger partial charge in [-0.25, -0.2) is 22.0 Å². The summed E-state index contributed by atoms with van der Waals surface area (Å²) in [6.07, 6.45) is 0. The Hall–Kier alpha value is -0.140. The number of thiol groups is 1. The average molecular weight is 173 g/mol. The van der Waals surface area contributed by atoms with Gasteiger partial charge in [0.25, 0.3) is 0 Å². The largest absolute Gasteiger partial charge is 0.232 e. The molecule has 0 aromatic rings. The molecule has 0 aromatic carbocycles. The van der Waals surface area contributed by atoms with E-state index in [1.807, 2.05) is 0 Å². The lowest BCUT2D eigenvalue weighted by Gasteiger charge is -1.87. The zero-order chi connectivity index (χ0) is 7.49. The van der Waals surface area contributed by atoms with Crippen molar-refractivity contribution < 1.29 is 16.8 Å². The molecule has 0 unspecified atom stereocenters. The third-order valence-corrected chi connectivity index (χ3v) is 2.22. The van der Waals surface area contributed by atoms with Crippen LogP contribution in [0.5, 0.6) is 0 Å². The highest BCUT2D eigenvalue weighted by Crippen LogP contribution is 1.75. The summed E-state index contributed by atoms with van der Waals surface area (Å²) in [5, 5.41) is 4.49. The Kier molecular flexibility index (Phi) is 3.09. The molecule has 0 aromatic heterocycles. The molecule has 0 atom stereocenters. The summed E-state index contributed by atoms with van der Waals surface area (Å²) in [7, 11) is -6.23. The molecule has 56 valence electrons. The summed E-state index contributed by atoms with van der Waals surface area (Å²) in [4.78, 5) is 0. The van der Waals surface area contributed by atoms with Gasteiger partial charge in [0.05, 0.1) is 11.5 Å². The van der Waals surface area contributed by atoms with Crippen LogP contribution in [0.3, 0.4) is 0 Å². The van der Waals surface area contributed by atoms with Crippen molar-refractivity contribution in [2.75, 3.05) is 11.5 Å². The van der Waals surface area contributed by atoms with Gasteiger partial charge in [0.15, 0.2) is 0 Å². The standard InChI is InChI=1S/C2H7NO4S2/c3-9(6,7)2-1-8(4)5/h8H,1-2H2,(H2,3,6,7). The van der Waals surface area contributed by atoms with Crippen LogP contribution in [-0.4, -0.2) is 28.3 Å². The number of primary sulfonamides is 1. The molecule has 0 radical (unpaired) electrons. The zero-order valence-electron chi connectivity index (χ0n) is 4.48. The van der Waals surface area contributed by atoms with Crippen LogP contribution < -0.4 is 5.14 Å². The molecule has 0 aliphatic carbocycles. The van der Waals surface area contributed by atoms with Gasteiger partial charge in [-0.1, -0.05) is 0 Å². The molecule has 0 saturated carbocycles. The maximum absolute atomic E-state index is 10.0. The number of rotatable bonds is 3. The van der Waals surface area contributed by atoms with E-state index in [1.54, 1.807) is 0 Å². The number of hydrogen-bond acceptors (Lipinski definition) is 4. The Balaban J connectivity index is 3.81. The third kappa shape index (κ3) is 7.86. The Morgan fingerprint density at radius 3 is 1.89 bits per heavy atom. The van der Waals surface area contributed by atoms with Gasteiger partial charge in [-0.3, -0.25) is 0 Å². The van der Waals surface area contributed by atoms with Crippen LogP contribution in [0.4, 0.5) is 0 Å². The van der Waals surface area contributed by atoms with E-state index >= 15 is 0 Å². The minimum absolute atomic E-state index is 0.395. The molecule has 0 aliphatic heterocycles. The molecule has 0 heterocycles. The molecule has 9 heavy (non-hydrogen) atoms. The van der Waals surface area contributed by atoms with E-state index in [-0.39, 0.29) is 0 Å². The number of nitrogens with two attached hydrogens (primary N) is 1. The normalized spacial score (nSPS) is 12.2. The van der Waals surface area contributed by atoms with Crippen LogP contribution in [-0.2, 0) is 20.7 Å². The second kappa shape index (κ2) is 3.14. The number of hydrogen-bond donors (Lipinski definition) is 2. The SMILES string of the molecule is NS(=O)(=O)CC[SH](=O)=O. The van der Waals surface area contributed by atoms with E-state index in [9.17, 15) is 16.8 Å². The lowest BCUT2D eigenvalue weighted by Crippen LogP contribution is -2.19. The third-order valence-electron chi connectivity index (χ3n) is 0.558. The highest BCUT2D eigenvalue weighted by atomic mass is 32.2. The van der Waals surface area contributed by atoms with Crippen molar-refractivity contribution in [3.63, 3.8) is 0 Å². The molecule has 0 saturated heterocycles. The van der Waals surface area contributed by atoms with Crippen LogP contribution >= 0.6 is 0 Å². The Labute approximate surface area is 54.9 Å². The second-order valence-electron chi connectivity index (χ2n) is 1.42. The lowest BCUT2D eigenvalue weighted by molar-refractivity contribution is 0.595. The van der Waals surface area contributed by atoms with Crippen molar-refractivity contribution in [2.24, 2.45) is 5.14 Å². The topological polar surface area (TPSA) is 94.3 Å². The van der Waals surface area contributed by atoms with Crippen molar-refractivity contribution in [1.29, 1.82) is 0 Å². The number of sulfonamides is 1. The summed E-state index contributed by atoms with van der Waals surface area (Å²) in [5.41, 5.74) is 0. The molecule has 0 rings (SSSR count). The van der Waals surface area contributed by atoms with E-state index < -0.39 is 32.2 Å². The molecule has 5 nitrogen and oxygen atoms in total. The fraction of sp³-hybridized carbons (Fsp3) is 1.00. The maximum Gasteiger partial charge on any atom is 0.210 e. The minimum atomic E-state index is -3.60. The van der Waals surface area contributed by atoms with Crippen molar-refractivity contribution in [3.05, 3.63) is 0 Å². The van der Waals surface area contributed by atoms with Crippen LogP contribution in [0.15, 0.2) is 0 Å². The van der Waals surface area contributed by atoms with E-state index in [2.05, 4.69) is 5.14 Å². The predicted octanol–water partition coefficient (Wildman–Crippen LogP) is -2.11. The Morgan fingerprint density at radius 2 is 1.78 bits per heavy atom. The van der Waals surface area contributed by atoms with Crippen LogP contribution in [0, 0.1) is 0 Å². The summed E-state index contributed by atoms with van der Waals surface area (Å²) in [6, 6.07) is 0. The quantitative estimate of drug-likeness (QED) is 0.477. The molecule has 0 amide bonds. The van der Waals surface area contributed by atoms with Gasteiger partial charge >= 0.3 is 0 Å². The maximum atomic E-state index is 10.0. The Bertz CT molecular complexity index is 229. The molecule has 0 spiro atoms.